The number of ether oxygens (including phenoxy) is 1. The summed E-state index contributed by atoms with van der Waals surface area (Å²) in [6.07, 6.45) is 4.23. The van der Waals surface area contributed by atoms with Crippen LogP contribution in [0.1, 0.15) is 32.6 Å². The van der Waals surface area contributed by atoms with Gasteiger partial charge < -0.3 is 10.5 Å². The van der Waals surface area contributed by atoms with Crippen LogP contribution in [-0.4, -0.2) is 25.1 Å². The third kappa shape index (κ3) is 3.22. The van der Waals surface area contributed by atoms with Crippen molar-refractivity contribution in [1.29, 1.82) is 0 Å². The largest absolute Gasteiger partial charge is 0.387 e. The molecule has 70 valence electrons. The van der Waals surface area contributed by atoms with Crippen molar-refractivity contribution >= 4 is 5.84 Å². The molecule has 0 spiro atoms. The van der Waals surface area contributed by atoms with Crippen molar-refractivity contribution in [3.05, 3.63) is 0 Å². The average Bonchev–Trinajstić information content (AvgIpc) is 2.06. The fourth-order valence-corrected chi connectivity index (χ4v) is 1.38. The highest BCUT2D eigenvalue weighted by Gasteiger charge is 2.12. The maximum Gasteiger partial charge on any atom is 0.0941 e. The zero-order valence-corrected chi connectivity index (χ0v) is 7.75. The summed E-state index contributed by atoms with van der Waals surface area (Å²) < 4.78 is 5.30. The maximum absolute atomic E-state index is 5.71. The summed E-state index contributed by atoms with van der Waals surface area (Å²) in [7, 11) is 0. The van der Waals surface area contributed by atoms with E-state index in [1.54, 1.807) is 0 Å². The molecule has 1 unspecified atom stereocenters. The normalized spacial score (nSPS) is 25.8. The van der Waals surface area contributed by atoms with Crippen LogP contribution in [0.3, 0.4) is 0 Å². The van der Waals surface area contributed by atoms with Crippen molar-refractivity contribution in [2.24, 2.45) is 10.7 Å². The lowest BCUT2D eigenvalue weighted by Crippen LogP contribution is -2.24. The van der Waals surface area contributed by atoms with E-state index in [1.807, 2.05) is 0 Å². The van der Waals surface area contributed by atoms with E-state index in [4.69, 9.17) is 10.5 Å². The first-order chi connectivity index (χ1) is 5.83. The van der Waals surface area contributed by atoms with Gasteiger partial charge in [-0.3, -0.25) is 4.99 Å². The van der Waals surface area contributed by atoms with Gasteiger partial charge in [0.25, 0.3) is 0 Å². The van der Waals surface area contributed by atoms with Gasteiger partial charge in [0.2, 0.25) is 0 Å². The van der Waals surface area contributed by atoms with E-state index in [2.05, 4.69) is 11.9 Å². The number of amidine groups is 1. The lowest BCUT2D eigenvalue weighted by Gasteiger charge is -2.18. The second-order valence-corrected chi connectivity index (χ2v) is 3.24. The highest BCUT2D eigenvalue weighted by Crippen LogP contribution is 2.09. The monoisotopic (exact) mass is 170 g/mol. The molecule has 1 saturated heterocycles. The lowest BCUT2D eigenvalue weighted by molar-refractivity contribution is 0.0828. The van der Waals surface area contributed by atoms with Gasteiger partial charge in [-0.2, -0.15) is 0 Å². The molecular formula is C9H18N2O. The molecule has 0 saturated carbocycles. The number of aliphatic imine (C=N–C) groups is 1. The second kappa shape index (κ2) is 5.14. The minimum absolute atomic E-state index is 0.324. The maximum atomic E-state index is 5.71. The van der Waals surface area contributed by atoms with Crippen LogP contribution in [0, 0.1) is 0 Å². The van der Waals surface area contributed by atoms with Crippen molar-refractivity contribution in [1.82, 2.24) is 0 Å². The molecule has 0 aromatic carbocycles. The smallest absolute Gasteiger partial charge is 0.0941 e. The van der Waals surface area contributed by atoms with Crippen LogP contribution in [0.5, 0.6) is 0 Å². The number of nitrogens with two attached hydrogens (primary N) is 1. The summed E-state index contributed by atoms with van der Waals surface area (Å²) in [5, 5.41) is 0. The molecule has 12 heavy (non-hydrogen) atoms. The van der Waals surface area contributed by atoms with Gasteiger partial charge in [-0.15, -0.1) is 0 Å². The Balaban J connectivity index is 2.31. The fourth-order valence-electron chi connectivity index (χ4n) is 1.38. The first-order valence-corrected chi connectivity index (χ1v) is 4.72. The zero-order chi connectivity index (χ0) is 8.81. The topological polar surface area (TPSA) is 47.6 Å². The summed E-state index contributed by atoms with van der Waals surface area (Å²) in [4.78, 5) is 4.40. The molecule has 0 aliphatic carbocycles. The molecule has 0 amide bonds. The van der Waals surface area contributed by atoms with E-state index in [-0.39, 0.29) is 0 Å². The van der Waals surface area contributed by atoms with Crippen LogP contribution in [-0.2, 0) is 4.74 Å². The summed E-state index contributed by atoms with van der Waals surface area (Å²) >= 11 is 0. The van der Waals surface area contributed by atoms with E-state index in [9.17, 15) is 0 Å². The zero-order valence-electron chi connectivity index (χ0n) is 7.75. The molecule has 0 aromatic rings. The predicted octanol–water partition coefficient (Wildman–Crippen LogP) is 1.32. The molecular weight excluding hydrogens is 152 g/mol. The number of rotatable bonds is 3. The SMILES string of the molecule is CCCC(N)=NC1CCCOC1. The Bertz CT molecular complexity index is 151. The lowest BCUT2D eigenvalue weighted by atomic mass is 10.1. The van der Waals surface area contributed by atoms with Gasteiger partial charge in [0.05, 0.1) is 18.5 Å². The summed E-state index contributed by atoms with van der Waals surface area (Å²) in [5.41, 5.74) is 5.71. The standard InChI is InChI=1S/C9H18N2O/c1-2-4-9(10)11-8-5-3-6-12-7-8/h8H,2-7H2,1H3,(H2,10,11). The van der Waals surface area contributed by atoms with Gasteiger partial charge in [0.1, 0.15) is 0 Å². The van der Waals surface area contributed by atoms with Crippen LogP contribution in [0.15, 0.2) is 4.99 Å². The van der Waals surface area contributed by atoms with Gasteiger partial charge >= 0.3 is 0 Å². The Hall–Kier alpha value is -0.570. The molecule has 0 radical (unpaired) electrons. The Labute approximate surface area is 74.0 Å². The number of nitrogens with zero attached hydrogens (tertiary/aromatic N) is 1. The molecule has 2 N–H and O–H groups in total. The highest BCUT2D eigenvalue weighted by atomic mass is 16.5. The Morgan fingerprint density at radius 1 is 1.67 bits per heavy atom. The van der Waals surface area contributed by atoms with E-state index in [0.29, 0.717) is 6.04 Å². The third-order valence-corrected chi connectivity index (χ3v) is 1.99. The van der Waals surface area contributed by atoms with Crippen LogP contribution >= 0.6 is 0 Å². The van der Waals surface area contributed by atoms with Crippen LogP contribution in [0.25, 0.3) is 0 Å². The van der Waals surface area contributed by atoms with Crippen molar-refractivity contribution in [3.8, 4) is 0 Å². The first-order valence-electron chi connectivity index (χ1n) is 4.72. The van der Waals surface area contributed by atoms with E-state index in [0.717, 1.165) is 44.7 Å². The van der Waals surface area contributed by atoms with Crippen molar-refractivity contribution in [3.63, 3.8) is 0 Å². The van der Waals surface area contributed by atoms with E-state index < -0.39 is 0 Å². The molecule has 1 fully saturated rings. The van der Waals surface area contributed by atoms with Crippen LogP contribution < -0.4 is 5.73 Å². The quantitative estimate of drug-likeness (QED) is 0.513. The second-order valence-electron chi connectivity index (χ2n) is 3.24. The van der Waals surface area contributed by atoms with Gasteiger partial charge in [-0.1, -0.05) is 6.92 Å². The van der Waals surface area contributed by atoms with Crippen molar-refractivity contribution in [2.75, 3.05) is 13.2 Å². The van der Waals surface area contributed by atoms with Crippen molar-refractivity contribution < 1.29 is 4.74 Å². The Morgan fingerprint density at radius 2 is 2.50 bits per heavy atom. The van der Waals surface area contributed by atoms with Crippen molar-refractivity contribution in [2.45, 2.75) is 38.6 Å². The summed E-state index contributed by atoms with van der Waals surface area (Å²) in [5.74, 6) is 0.785. The number of hydrogen-bond donors (Lipinski definition) is 1. The Morgan fingerprint density at radius 3 is 3.08 bits per heavy atom. The van der Waals surface area contributed by atoms with Crippen LogP contribution in [0.2, 0.25) is 0 Å². The minimum Gasteiger partial charge on any atom is -0.387 e. The molecule has 1 rings (SSSR count). The molecule has 3 heteroatoms. The van der Waals surface area contributed by atoms with Crippen LogP contribution in [0.4, 0.5) is 0 Å². The third-order valence-electron chi connectivity index (χ3n) is 1.99. The molecule has 1 heterocycles. The van der Waals surface area contributed by atoms with Gasteiger partial charge in [-0.25, -0.2) is 0 Å². The molecule has 0 aromatic heterocycles. The summed E-state index contributed by atoms with van der Waals surface area (Å²) in [6, 6.07) is 0.324. The van der Waals surface area contributed by atoms with E-state index in [1.165, 1.54) is 0 Å². The average molecular weight is 170 g/mol. The highest BCUT2D eigenvalue weighted by molar-refractivity contribution is 5.80. The molecule has 0 bridgehead atoms. The number of hydrogen-bond acceptors (Lipinski definition) is 2. The first kappa shape index (κ1) is 9.52. The van der Waals surface area contributed by atoms with Gasteiger partial charge in [-0.05, 0) is 19.3 Å². The molecule has 1 atom stereocenters. The fraction of sp³-hybridized carbons (Fsp3) is 0.889. The molecule has 3 nitrogen and oxygen atoms in total. The predicted molar refractivity (Wildman–Crippen MR) is 50.4 cm³/mol. The summed E-state index contributed by atoms with van der Waals surface area (Å²) in [6.45, 7) is 3.75. The minimum atomic E-state index is 0.324. The Kier molecular flexibility index (Phi) is 4.08. The molecule has 1 aliphatic heterocycles. The molecule has 1 aliphatic rings. The van der Waals surface area contributed by atoms with Gasteiger partial charge in [0, 0.05) is 13.0 Å². The van der Waals surface area contributed by atoms with E-state index >= 15 is 0 Å². The van der Waals surface area contributed by atoms with Gasteiger partial charge in [0.15, 0.2) is 0 Å².